The number of hydrogen-bond acceptors (Lipinski definition) is 4. The maximum absolute atomic E-state index is 12.0. The first-order valence-corrected chi connectivity index (χ1v) is 7.33. The standard InChI is InChI=1S/C10H20N2O3S/c1-7-6-16(14,15)5-4-12(7)10(13)8(2)9(3)11/h7-9H,4-6,11H2,1-3H3. The van der Waals surface area contributed by atoms with E-state index in [9.17, 15) is 13.2 Å². The lowest BCUT2D eigenvalue weighted by atomic mass is 10.0. The van der Waals surface area contributed by atoms with Crippen LogP contribution in [0.25, 0.3) is 0 Å². The zero-order chi connectivity index (χ0) is 12.5. The van der Waals surface area contributed by atoms with Crippen molar-refractivity contribution in [2.24, 2.45) is 11.7 Å². The Bertz CT molecular complexity index is 364. The van der Waals surface area contributed by atoms with E-state index in [1.54, 1.807) is 25.7 Å². The first kappa shape index (κ1) is 13.4. The minimum absolute atomic E-state index is 0.0441. The van der Waals surface area contributed by atoms with Crippen LogP contribution >= 0.6 is 0 Å². The van der Waals surface area contributed by atoms with Gasteiger partial charge in [0, 0.05) is 18.6 Å². The van der Waals surface area contributed by atoms with Crippen LogP contribution in [-0.4, -0.2) is 49.4 Å². The predicted molar refractivity (Wildman–Crippen MR) is 62.6 cm³/mol. The van der Waals surface area contributed by atoms with Gasteiger partial charge in [-0.25, -0.2) is 8.42 Å². The van der Waals surface area contributed by atoms with Crippen molar-refractivity contribution in [1.82, 2.24) is 4.90 Å². The van der Waals surface area contributed by atoms with E-state index in [2.05, 4.69) is 0 Å². The fourth-order valence-corrected chi connectivity index (χ4v) is 3.37. The Balaban J connectivity index is 2.73. The van der Waals surface area contributed by atoms with Gasteiger partial charge in [-0.05, 0) is 13.8 Å². The zero-order valence-corrected chi connectivity index (χ0v) is 10.8. The van der Waals surface area contributed by atoms with E-state index in [-0.39, 0.29) is 35.4 Å². The van der Waals surface area contributed by atoms with Gasteiger partial charge >= 0.3 is 0 Å². The molecule has 94 valence electrons. The summed E-state index contributed by atoms with van der Waals surface area (Å²) in [5, 5.41) is 0. The van der Waals surface area contributed by atoms with Crippen LogP contribution in [0.15, 0.2) is 0 Å². The summed E-state index contributed by atoms with van der Waals surface area (Å²) in [7, 11) is -2.97. The number of rotatable bonds is 2. The summed E-state index contributed by atoms with van der Waals surface area (Å²) < 4.78 is 22.7. The molecule has 16 heavy (non-hydrogen) atoms. The SMILES string of the molecule is CC(N)C(C)C(=O)N1CCS(=O)(=O)CC1C. The van der Waals surface area contributed by atoms with Gasteiger partial charge < -0.3 is 10.6 Å². The van der Waals surface area contributed by atoms with Gasteiger partial charge in [-0.3, -0.25) is 4.79 Å². The van der Waals surface area contributed by atoms with Crippen LogP contribution in [0.5, 0.6) is 0 Å². The van der Waals surface area contributed by atoms with Gasteiger partial charge in [0.15, 0.2) is 9.84 Å². The van der Waals surface area contributed by atoms with Crippen molar-refractivity contribution in [3.8, 4) is 0 Å². The van der Waals surface area contributed by atoms with E-state index in [4.69, 9.17) is 5.73 Å². The number of sulfone groups is 1. The molecule has 1 rings (SSSR count). The Morgan fingerprint density at radius 2 is 2.00 bits per heavy atom. The van der Waals surface area contributed by atoms with E-state index in [0.717, 1.165) is 0 Å². The lowest BCUT2D eigenvalue weighted by Gasteiger charge is -2.35. The van der Waals surface area contributed by atoms with Crippen LogP contribution < -0.4 is 5.73 Å². The van der Waals surface area contributed by atoms with Crippen LogP contribution in [0.2, 0.25) is 0 Å². The molecule has 0 radical (unpaired) electrons. The molecular weight excluding hydrogens is 228 g/mol. The molecule has 0 aromatic heterocycles. The summed E-state index contributed by atoms with van der Waals surface area (Å²) in [6.45, 7) is 5.62. The molecule has 1 aliphatic heterocycles. The lowest BCUT2D eigenvalue weighted by molar-refractivity contribution is -0.137. The van der Waals surface area contributed by atoms with Gasteiger partial charge in [0.2, 0.25) is 5.91 Å². The predicted octanol–water partition coefficient (Wildman–Crippen LogP) is -0.385. The van der Waals surface area contributed by atoms with Gasteiger partial charge in [0.25, 0.3) is 0 Å². The molecule has 5 nitrogen and oxygen atoms in total. The second kappa shape index (κ2) is 4.71. The molecule has 1 amide bonds. The zero-order valence-electron chi connectivity index (χ0n) is 10.0. The monoisotopic (exact) mass is 248 g/mol. The van der Waals surface area contributed by atoms with Crippen LogP contribution in [-0.2, 0) is 14.6 Å². The quantitative estimate of drug-likeness (QED) is 0.722. The Kier molecular flexibility index (Phi) is 3.96. The maximum atomic E-state index is 12.0. The van der Waals surface area contributed by atoms with E-state index >= 15 is 0 Å². The largest absolute Gasteiger partial charge is 0.338 e. The summed E-state index contributed by atoms with van der Waals surface area (Å²) in [5.74, 6) is -0.181. The Morgan fingerprint density at radius 3 is 2.44 bits per heavy atom. The minimum atomic E-state index is -2.97. The molecule has 1 saturated heterocycles. The fraction of sp³-hybridized carbons (Fsp3) is 0.900. The van der Waals surface area contributed by atoms with Gasteiger partial charge in [-0.1, -0.05) is 6.92 Å². The molecule has 1 aliphatic rings. The number of amides is 1. The topological polar surface area (TPSA) is 80.5 Å². The second-order valence-electron chi connectivity index (χ2n) is 4.64. The number of hydrogen-bond donors (Lipinski definition) is 1. The van der Waals surface area contributed by atoms with E-state index in [1.807, 2.05) is 0 Å². The molecule has 0 spiro atoms. The molecule has 0 saturated carbocycles. The molecule has 0 aromatic carbocycles. The number of carbonyl (C=O) groups excluding carboxylic acids is 1. The normalized spacial score (nSPS) is 28.5. The van der Waals surface area contributed by atoms with Crippen molar-refractivity contribution >= 4 is 15.7 Å². The number of carbonyl (C=O) groups is 1. The summed E-state index contributed by atoms with van der Waals surface area (Å²) in [6, 6.07) is -0.453. The van der Waals surface area contributed by atoms with Crippen molar-refractivity contribution in [3.63, 3.8) is 0 Å². The van der Waals surface area contributed by atoms with Crippen LogP contribution in [0.1, 0.15) is 20.8 Å². The molecule has 3 unspecified atom stereocenters. The van der Waals surface area contributed by atoms with Crippen molar-refractivity contribution in [2.45, 2.75) is 32.9 Å². The average Bonchev–Trinajstić information content (AvgIpc) is 2.14. The van der Waals surface area contributed by atoms with E-state index < -0.39 is 9.84 Å². The van der Waals surface area contributed by atoms with E-state index in [1.165, 1.54) is 0 Å². The minimum Gasteiger partial charge on any atom is -0.338 e. The van der Waals surface area contributed by atoms with Crippen LogP contribution in [0.4, 0.5) is 0 Å². The molecule has 0 bridgehead atoms. The van der Waals surface area contributed by atoms with Crippen molar-refractivity contribution in [3.05, 3.63) is 0 Å². The highest BCUT2D eigenvalue weighted by Crippen LogP contribution is 2.15. The van der Waals surface area contributed by atoms with Crippen molar-refractivity contribution in [1.29, 1.82) is 0 Å². The molecule has 0 aromatic rings. The van der Waals surface area contributed by atoms with Crippen molar-refractivity contribution in [2.75, 3.05) is 18.1 Å². The third-order valence-electron chi connectivity index (χ3n) is 3.13. The summed E-state index contributed by atoms with van der Waals surface area (Å²) in [5.41, 5.74) is 5.68. The summed E-state index contributed by atoms with van der Waals surface area (Å²) in [6.07, 6.45) is 0. The molecule has 3 atom stereocenters. The van der Waals surface area contributed by atoms with Crippen LogP contribution in [0, 0.1) is 5.92 Å². The van der Waals surface area contributed by atoms with Gasteiger partial charge in [-0.2, -0.15) is 0 Å². The van der Waals surface area contributed by atoms with Gasteiger partial charge in [0.05, 0.1) is 17.4 Å². The van der Waals surface area contributed by atoms with E-state index in [0.29, 0.717) is 6.54 Å². The molecule has 1 fully saturated rings. The highest BCUT2D eigenvalue weighted by Gasteiger charge is 2.33. The third kappa shape index (κ3) is 2.95. The molecule has 1 heterocycles. The molecule has 6 heteroatoms. The number of nitrogens with zero attached hydrogens (tertiary/aromatic N) is 1. The Labute approximate surface area is 96.9 Å². The molecule has 0 aliphatic carbocycles. The van der Waals surface area contributed by atoms with Crippen molar-refractivity contribution < 1.29 is 13.2 Å². The maximum Gasteiger partial charge on any atom is 0.227 e. The average molecular weight is 248 g/mol. The van der Waals surface area contributed by atoms with Crippen LogP contribution in [0.3, 0.4) is 0 Å². The Morgan fingerprint density at radius 1 is 1.44 bits per heavy atom. The third-order valence-corrected chi connectivity index (χ3v) is 4.93. The second-order valence-corrected chi connectivity index (χ2v) is 6.87. The number of nitrogens with two attached hydrogens (primary N) is 1. The van der Waals surface area contributed by atoms with Gasteiger partial charge in [0.1, 0.15) is 0 Å². The van der Waals surface area contributed by atoms with Gasteiger partial charge in [-0.15, -0.1) is 0 Å². The highest BCUT2D eigenvalue weighted by molar-refractivity contribution is 7.91. The first-order chi connectivity index (χ1) is 7.24. The Hall–Kier alpha value is -0.620. The summed E-state index contributed by atoms with van der Waals surface area (Å²) >= 11 is 0. The fourth-order valence-electron chi connectivity index (χ4n) is 1.81. The lowest BCUT2D eigenvalue weighted by Crippen LogP contribution is -2.53. The summed E-state index contributed by atoms with van der Waals surface area (Å²) in [4.78, 5) is 13.6. The smallest absolute Gasteiger partial charge is 0.227 e. The highest BCUT2D eigenvalue weighted by atomic mass is 32.2. The first-order valence-electron chi connectivity index (χ1n) is 5.51. The molecular formula is C10H20N2O3S. The molecule has 2 N–H and O–H groups in total.